The Morgan fingerprint density at radius 1 is 1.03 bits per heavy atom. The molecule has 1 amide bonds. The molecule has 0 saturated heterocycles. The van der Waals surface area contributed by atoms with Gasteiger partial charge in [0.05, 0.1) is 27.7 Å². The van der Waals surface area contributed by atoms with E-state index in [1.54, 1.807) is 13.8 Å². The van der Waals surface area contributed by atoms with Crippen molar-refractivity contribution >= 4 is 61.7 Å². The highest BCUT2D eigenvalue weighted by Crippen LogP contribution is 2.44. The number of carbonyl (C=O) groups is 1. The summed E-state index contributed by atoms with van der Waals surface area (Å²) < 4.78 is 169. The van der Waals surface area contributed by atoms with E-state index in [4.69, 9.17) is 17.3 Å². The van der Waals surface area contributed by atoms with Gasteiger partial charge in [0.1, 0.15) is 57.6 Å². The normalized spacial score (nSPS) is 18.1. The molecule has 1 aliphatic rings. The number of carbonyl (C=O) groups excluding carboxylic acids is 1. The third kappa shape index (κ3) is 12.4. The number of aliphatic imine (C=N–C) groups is 1. The molecule has 5 rings (SSSR count). The Labute approximate surface area is 371 Å². The van der Waals surface area contributed by atoms with Crippen molar-refractivity contribution in [1.29, 1.82) is 0 Å². The fourth-order valence-electron chi connectivity index (χ4n) is 6.65. The lowest BCUT2D eigenvalue weighted by Gasteiger charge is -2.23. The van der Waals surface area contributed by atoms with Crippen LogP contribution in [0.25, 0.3) is 22.0 Å². The summed E-state index contributed by atoms with van der Waals surface area (Å²) in [5.74, 6) is -3.40. The van der Waals surface area contributed by atoms with E-state index >= 15 is 8.78 Å². The molecular weight excluding hydrogens is 928 g/mol. The molecule has 1 aliphatic carbocycles. The second-order valence-electron chi connectivity index (χ2n) is 14.7. The molecule has 0 spiro atoms. The maximum atomic E-state index is 15.1. The highest BCUT2D eigenvalue weighted by atomic mass is 35.5. The molecule has 1 saturated carbocycles. The van der Waals surface area contributed by atoms with E-state index in [9.17, 15) is 48.3 Å². The lowest BCUT2D eigenvalue weighted by atomic mass is 9.93. The van der Waals surface area contributed by atoms with Crippen molar-refractivity contribution in [3.8, 4) is 23.0 Å². The molecule has 4 N–H and O–H groups in total. The monoisotopic (exact) mass is 969 g/mol. The van der Waals surface area contributed by atoms with Gasteiger partial charge in [0, 0.05) is 52.5 Å². The van der Waals surface area contributed by atoms with Crippen LogP contribution in [0.3, 0.4) is 0 Å². The van der Waals surface area contributed by atoms with E-state index in [0.29, 0.717) is 10.7 Å². The summed E-state index contributed by atoms with van der Waals surface area (Å²) in [6, 6.07) is 6.01. The van der Waals surface area contributed by atoms with Crippen LogP contribution in [0.15, 0.2) is 58.7 Å². The molecule has 348 valence electrons. The van der Waals surface area contributed by atoms with Gasteiger partial charge in [0.25, 0.3) is 5.92 Å². The zero-order valence-corrected chi connectivity index (χ0v) is 37.5. The number of aromatic nitrogens is 3. The molecule has 1 fully saturated rings. The van der Waals surface area contributed by atoms with Gasteiger partial charge >= 0.3 is 12.4 Å². The van der Waals surface area contributed by atoms with Crippen LogP contribution >= 0.6 is 11.6 Å². The number of benzene rings is 2. The van der Waals surface area contributed by atoms with Crippen molar-refractivity contribution in [2.45, 2.75) is 83.1 Å². The van der Waals surface area contributed by atoms with E-state index in [2.05, 4.69) is 37.0 Å². The first-order chi connectivity index (χ1) is 29.6. The first kappa shape index (κ1) is 51.6. The summed E-state index contributed by atoms with van der Waals surface area (Å²) in [5, 5.41) is 6.23. The molecule has 3 unspecified atom stereocenters. The highest BCUT2D eigenvalue weighted by Gasteiger charge is 2.52. The molecule has 4 aromatic rings. The highest BCUT2D eigenvalue weighted by molar-refractivity contribution is 7.86. The maximum absolute atomic E-state index is 15.1. The molecular formula is C41H42ClF10N7O3S2. The summed E-state index contributed by atoms with van der Waals surface area (Å²) in [4.78, 5) is 21.9. The quantitative estimate of drug-likeness (QED) is 0.101. The van der Waals surface area contributed by atoms with Crippen LogP contribution in [0.1, 0.15) is 64.0 Å². The van der Waals surface area contributed by atoms with E-state index < -0.39 is 117 Å². The Balaban J connectivity index is 0.00000442. The minimum absolute atomic E-state index is 0.0594. The number of nitrogens with two attached hydrogens (primary N) is 1. The van der Waals surface area contributed by atoms with Crippen LogP contribution in [0.4, 0.5) is 49.7 Å². The van der Waals surface area contributed by atoms with Gasteiger partial charge in [0.15, 0.2) is 5.82 Å². The summed E-state index contributed by atoms with van der Waals surface area (Å²) >= 11 is 6.51. The zero-order valence-electron chi connectivity index (χ0n) is 35.1. The van der Waals surface area contributed by atoms with Gasteiger partial charge in [-0.25, -0.2) is 18.0 Å². The average molecular weight is 970 g/mol. The minimum atomic E-state index is -5.22. The van der Waals surface area contributed by atoms with Gasteiger partial charge in [-0.15, -0.1) is 0 Å². The number of fused-ring (bicyclic) bond motifs is 1. The predicted molar refractivity (Wildman–Crippen MR) is 227 cm³/mol. The maximum Gasteiger partial charge on any atom is 0.431 e. The fraction of sp³-hybridized carbons (Fsp3) is 0.415. The van der Waals surface area contributed by atoms with Crippen molar-refractivity contribution in [3.63, 3.8) is 0 Å². The van der Waals surface area contributed by atoms with Crippen LogP contribution in [0, 0.1) is 29.4 Å². The Morgan fingerprint density at radius 2 is 1.64 bits per heavy atom. The van der Waals surface area contributed by atoms with Crippen molar-refractivity contribution < 1.29 is 57.1 Å². The molecule has 2 aromatic carbocycles. The molecule has 64 heavy (non-hydrogen) atoms. The SMILES string of the molecule is CC.C[C@H]1CC(F)(F)C(=NCC(=O)NC(Cc2cc(F)cc(F)c2)c2nc(C#CC(C)(C)S(C)=O)ccc2-c2ccc(Cl)c3c(NS(C)=O)nn(CC(F)(F)F)c23)/C1=C(\N)C(F)(F)F. The van der Waals surface area contributed by atoms with Crippen molar-refractivity contribution in [3.05, 3.63) is 87.3 Å². The molecule has 10 nitrogen and oxygen atoms in total. The molecule has 0 bridgehead atoms. The van der Waals surface area contributed by atoms with Crippen molar-refractivity contribution in [2.75, 3.05) is 23.8 Å². The number of allylic oxidation sites excluding steroid dienone is 2. The number of hydrogen-bond acceptors (Lipinski definition) is 7. The zero-order chi connectivity index (χ0) is 48.3. The molecule has 2 aromatic heterocycles. The smallest absolute Gasteiger partial charge is 0.394 e. The first-order valence-corrected chi connectivity index (χ1v) is 22.6. The number of amides is 1. The Bertz CT molecular complexity index is 2580. The van der Waals surface area contributed by atoms with E-state index in [0.717, 1.165) is 19.1 Å². The number of anilines is 1. The minimum Gasteiger partial charge on any atom is -0.394 e. The third-order valence-corrected chi connectivity index (χ3v) is 11.8. The van der Waals surface area contributed by atoms with Gasteiger partial charge in [-0.05, 0) is 68.0 Å². The number of alkyl halides is 8. The number of halogens is 11. The van der Waals surface area contributed by atoms with Crippen LogP contribution < -0.4 is 15.8 Å². The van der Waals surface area contributed by atoms with E-state index in [-0.39, 0.29) is 49.8 Å². The number of rotatable bonds is 11. The third-order valence-electron chi connectivity index (χ3n) is 9.50. The summed E-state index contributed by atoms with van der Waals surface area (Å²) in [5.41, 5.74) is 0.215. The average Bonchev–Trinajstić information content (AvgIpc) is 3.62. The summed E-state index contributed by atoms with van der Waals surface area (Å²) in [7, 11) is -3.37. The fourth-order valence-corrected chi connectivity index (χ4v) is 7.50. The number of nitrogens with one attached hydrogen (secondary N) is 2. The molecule has 2 heterocycles. The van der Waals surface area contributed by atoms with Crippen LogP contribution in [-0.2, 0) is 39.5 Å². The van der Waals surface area contributed by atoms with Crippen LogP contribution in [-0.4, -0.2) is 76.9 Å². The van der Waals surface area contributed by atoms with Crippen LogP contribution in [0.5, 0.6) is 0 Å². The number of nitrogens with zero attached hydrogens (tertiary/aromatic N) is 4. The van der Waals surface area contributed by atoms with Gasteiger partial charge in [-0.2, -0.15) is 40.2 Å². The first-order valence-electron chi connectivity index (χ1n) is 19.1. The summed E-state index contributed by atoms with van der Waals surface area (Å²) in [6.07, 6.45) is -9.15. The molecule has 0 aliphatic heterocycles. The van der Waals surface area contributed by atoms with Gasteiger partial charge in [-0.1, -0.05) is 44.4 Å². The van der Waals surface area contributed by atoms with Crippen molar-refractivity contribution in [2.24, 2.45) is 16.6 Å². The van der Waals surface area contributed by atoms with E-state index in [1.807, 2.05) is 13.8 Å². The topological polar surface area (TPSA) is 144 Å². The summed E-state index contributed by atoms with van der Waals surface area (Å²) in [6.45, 7) is 5.29. The molecule has 4 atom stereocenters. The Hall–Kier alpha value is -5.01. The lowest BCUT2D eigenvalue weighted by Crippen LogP contribution is -2.34. The predicted octanol–water partition coefficient (Wildman–Crippen LogP) is 9.12. The Kier molecular flexibility index (Phi) is 16.1. The number of hydrogen-bond donors (Lipinski definition) is 3. The largest absolute Gasteiger partial charge is 0.431 e. The van der Waals surface area contributed by atoms with Gasteiger partial charge in [0.2, 0.25) is 5.91 Å². The Morgan fingerprint density at radius 3 is 2.20 bits per heavy atom. The molecule has 0 radical (unpaired) electrons. The van der Waals surface area contributed by atoms with Gasteiger partial charge < -0.3 is 11.1 Å². The lowest BCUT2D eigenvalue weighted by molar-refractivity contribution is -0.141. The number of pyridine rings is 1. The van der Waals surface area contributed by atoms with Crippen LogP contribution in [0.2, 0.25) is 5.02 Å². The van der Waals surface area contributed by atoms with Gasteiger partial charge in [-0.3, -0.25) is 23.4 Å². The standard InChI is InChI=1S/C39H36ClF10N7O3S2.C2H6/c1-19-16-37(43,44)34(29(19)33(51)39(48,49)50)52-17-28(58)54-27(14-20-12-21(41)15-22(42)13-20)31-24(7-6-23(53-31)10-11-36(2,3)61(4)59)25-8-9-26(40)30-32(25)57(18-38(45,46)47)55-35(30)56-62(5)60;1-2/h6-9,12-13,15,19,27H,14,16-18,51H2,1-5H3,(H,54,58)(H,55,56);1-2H3/b33-29-,52-34?;/t19-,27?,61?,62?;/m0./s1. The second-order valence-corrected chi connectivity index (χ2v) is 18.2. The van der Waals surface area contributed by atoms with E-state index in [1.165, 1.54) is 36.8 Å². The second kappa shape index (κ2) is 20.0. The molecule has 23 heteroatoms. The van der Waals surface area contributed by atoms with Crippen molar-refractivity contribution in [1.82, 2.24) is 20.1 Å².